The van der Waals surface area contributed by atoms with Gasteiger partial charge in [0.15, 0.2) is 0 Å². The van der Waals surface area contributed by atoms with E-state index in [0.717, 1.165) is 18.4 Å². The molecule has 13 heavy (non-hydrogen) atoms. The van der Waals surface area contributed by atoms with Crippen molar-refractivity contribution in [1.82, 2.24) is 5.32 Å². The fourth-order valence-electron chi connectivity index (χ4n) is 1.15. The van der Waals surface area contributed by atoms with Gasteiger partial charge in [-0.05, 0) is 12.8 Å². The van der Waals surface area contributed by atoms with Crippen molar-refractivity contribution in [2.75, 3.05) is 20.3 Å². The highest BCUT2D eigenvalue weighted by molar-refractivity contribution is 5.96. The van der Waals surface area contributed by atoms with Crippen molar-refractivity contribution in [1.29, 1.82) is 0 Å². The molecule has 1 N–H and O–H groups in total. The van der Waals surface area contributed by atoms with Crippen molar-refractivity contribution in [3.63, 3.8) is 0 Å². The summed E-state index contributed by atoms with van der Waals surface area (Å²) in [6.07, 6.45) is 7.84. The average Bonchev–Trinajstić information content (AvgIpc) is 2.19. The molecule has 1 aliphatic rings. The molecule has 72 valence electrons. The van der Waals surface area contributed by atoms with Crippen LogP contribution in [0.2, 0.25) is 0 Å². The predicted octanol–water partition coefficient (Wildman–Crippen LogP) is 1.03. The molecule has 1 aliphatic carbocycles. The first-order valence-electron chi connectivity index (χ1n) is 4.48. The van der Waals surface area contributed by atoms with Crippen LogP contribution in [0.4, 0.5) is 0 Å². The van der Waals surface area contributed by atoms with Crippen LogP contribution >= 0.6 is 0 Å². The summed E-state index contributed by atoms with van der Waals surface area (Å²) in [4.78, 5) is 11.4. The monoisotopic (exact) mass is 181 g/mol. The van der Waals surface area contributed by atoms with Crippen LogP contribution in [0.5, 0.6) is 0 Å². The van der Waals surface area contributed by atoms with Crippen LogP contribution in [0, 0.1) is 0 Å². The molecule has 0 aromatic heterocycles. The molecule has 3 nitrogen and oxygen atoms in total. The third-order valence-corrected chi connectivity index (χ3v) is 1.85. The molecule has 0 unspecified atom stereocenters. The van der Waals surface area contributed by atoms with E-state index in [2.05, 4.69) is 5.32 Å². The van der Waals surface area contributed by atoms with Crippen LogP contribution in [0.15, 0.2) is 23.8 Å². The molecule has 0 heterocycles. The Kier molecular flexibility index (Phi) is 4.26. The Labute approximate surface area is 78.5 Å². The fraction of sp³-hybridized carbons (Fsp3) is 0.500. The smallest absolute Gasteiger partial charge is 0.251 e. The summed E-state index contributed by atoms with van der Waals surface area (Å²) < 4.78 is 4.83. The van der Waals surface area contributed by atoms with Gasteiger partial charge in [0.25, 0.3) is 5.91 Å². The number of hydrogen-bond acceptors (Lipinski definition) is 2. The Balaban J connectivity index is 2.30. The lowest BCUT2D eigenvalue weighted by Gasteiger charge is -2.07. The number of nitrogens with one attached hydrogen (secondary N) is 1. The molecular formula is C10H15NO2. The van der Waals surface area contributed by atoms with E-state index in [1.165, 1.54) is 0 Å². The topological polar surface area (TPSA) is 38.3 Å². The van der Waals surface area contributed by atoms with Crippen LogP contribution in [0.1, 0.15) is 12.8 Å². The molecule has 0 aromatic carbocycles. The largest absolute Gasteiger partial charge is 0.383 e. The summed E-state index contributed by atoms with van der Waals surface area (Å²) in [6, 6.07) is 0. The first kappa shape index (κ1) is 9.99. The maximum atomic E-state index is 11.4. The Morgan fingerprint density at radius 2 is 2.46 bits per heavy atom. The first-order valence-corrected chi connectivity index (χ1v) is 4.48. The zero-order chi connectivity index (χ0) is 9.52. The standard InChI is InChI=1S/C10H15NO2/c1-13-8-7-11-10(12)9-5-3-2-4-6-9/h3,5-6H,2,4,7-8H2,1H3,(H,11,12). The maximum Gasteiger partial charge on any atom is 0.251 e. The summed E-state index contributed by atoms with van der Waals surface area (Å²) in [5, 5.41) is 2.77. The van der Waals surface area contributed by atoms with Crippen LogP contribution in [0.25, 0.3) is 0 Å². The molecule has 0 aliphatic heterocycles. The summed E-state index contributed by atoms with van der Waals surface area (Å²) >= 11 is 0. The molecule has 0 saturated carbocycles. The Bertz CT molecular complexity index is 231. The Morgan fingerprint density at radius 3 is 3.08 bits per heavy atom. The zero-order valence-corrected chi connectivity index (χ0v) is 7.88. The molecule has 0 atom stereocenters. The number of hydrogen-bond donors (Lipinski definition) is 1. The van der Waals surface area contributed by atoms with Crippen LogP contribution in [-0.2, 0) is 9.53 Å². The molecule has 0 bridgehead atoms. The lowest BCUT2D eigenvalue weighted by molar-refractivity contribution is -0.117. The molecule has 1 rings (SSSR count). The molecule has 1 amide bonds. The minimum absolute atomic E-state index is 0.00648. The first-order chi connectivity index (χ1) is 6.34. The van der Waals surface area contributed by atoms with Crippen molar-refractivity contribution in [2.24, 2.45) is 0 Å². The molecule has 3 heteroatoms. The number of carbonyl (C=O) groups is 1. The second kappa shape index (κ2) is 5.54. The zero-order valence-electron chi connectivity index (χ0n) is 7.88. The van der Waals surface area contributed by atoms with Gasteiger partial charge in [-0.3, -0.25) is 4.79 Å². The minimum Gasteiger partial charge on any atom is -0.383 e. The van der Waals surface area contributed by atoms with Gasteiger partial charge in [0.1, 0.15) is 0 Å². The van der Waals surface area contributed by atoms with Gasteiger partial charge in [-0.25, -0.2) is 0 Å². The fourth-order valence-corrected chi connectivity index (χ4v) is 1.15. The van der Waals surface area contributed by atoms with E-state index in [9.17, 15) is 4.79 Å². The van der Waals surface area contributed by atoms with Gasteiger partial charge in [-0.2, -0.15) is 0 Å². The lowest BCUT2D eigenvalue weighted by Crippen LogP contribution is -2.28. The third kappa shape index (κ3) is 3.42. The van der Waals surface area contributed by atoms with E-state index in [-0.39, 0.29) is 5.91 Å². The van der Waals surface area contributed by atoms with Crippen molar-refractivity contribution < 1.29 is 9.53 Å². The highest BCUT2D eigenvalue weighted by Crippen LogP contribution is 2.08. The van der Waals surface area contributed by atoms with E-state index >= 15 is 0 Å². The number of amides is 1. The van der Waals surface area contributed by atoms with E-state index in [4.69, 9.17) is 4.74 Å². The quantitative estimate of drug-likeness (QED) is 0.658. The minimum atomic E-state index is -0.00648. The maximum absolute atomic E-state index is 11.4. The Hall–Kier alpha value is -1.09. The van der Waals surface area contributed by atoms with Crippen molar-refractivity contribution in [3.8, 4) is 0 Å². The molecule has 0 saturated heterocycles. The summed E-state index contributed by atoms with van der Waals surface area (Å²) in [6.45, 7) is 1.13. The number of carbonyl (C=O) groups excluding carboxylic acids is 1. The highest BCUT2D eigenvalue weighted by Gasteiger charge is 2.06. The average molecular weight is 181 g/mol. The third-order valence-electron chi connectivity index (χ3n) is 1.85. The molecule has 0 aromatic rings. The second-order valence-corrected chi connectivity index (χ2v) is 2.89. The highest BCUT2D eigenvalue weighted by atomic mass is 16.5. The number of ether oxygens (including phenoxy) is 1. The van der Waals surface area contributed by atoms with Crippen molar-refractivity contribution in [2.45, 2.75) is 12.8 Å². The summed E-state index contributed by atoms with van der Waals surface area (Å²) in [5.74, 6) is -0.00648. The number of allylic oxidation sites excluding steroid dienone is 2. The predicted molar refractivity (Wildman–Crippen MR) is 51.3 cm³/mol. The Morgan fingerprint density at radius 1 is 1.62 bits per heavy atom. The van der Waals surface area contributed by atoms with Gasteiger partial charge in [0.05, 0.1) is 6.61 Å². The number of methoxy groups -OCH3 is 1. The number of rotatable bonds is 4. The van der Waals surface area contributed by atoms with E-state index in [1.54, 1.807) is 7.11 Å². The second-order valence-electron chi connectivity index (χ2n) is 2.89. The van der Waals surface area contributed by atoms with E-state index in [1.807, 2.05) is 18.2 Å². The van der Waals surface area contributed by atoms with Gasteiger partial charge in [0, 0.05) is 19.2 Å². The molecule has 0 radical (unpaired) electrons. The van der Waals surface area contributed by atoms with E-state index < -0.39 is 0 Å². The lowest BCUT2D eigenvalue weighted by atomic mass is 10.1. The van der Waals surface area contributed by atoms with Gasteiger partial charge < -0.3 is 10.1 Å². The van der Waals surface area contributed by atoms with Crippen LogP contribution < -0.4 is 5.32 Å². The summed E-state index contributed by atoms with van der Waals surface area (Å²) in [5.41, 5.74) is 0.766. The van der Waals surface area contributed by atoms with Gasteiger partial charge >= 0.3 is 0 Å². The van der Waals surface area contributed by atoms with E-state index in [0.29, 0.717) is 13.2 Å². The van der Waals surface area contributed by atoms with Crippen molar-refractivity contribution >= 4 is 5.91 Å². The van der Waals surface area contributed by atoms with Crippen molar-refractivity contribution in [3.05, 3.63) is 23.8 Å². The van der Waals surface area contributed by atoms with Gasteiger partial charge in [0.2, 0.25) is 0 Å². The molecule has 0 fully saturated rings. The van der Waals surface area contributed by atoms with Crippen LogP contribution in [0.3, 0.4) is 0 Å². The van der Waals surface area contributed by atoms with Crippen LogP contribution in [-0.4, -0.2) is 26.2 Å². The molecule has 0 spiro atoms. The van der Waals surface area contributed by atoms with Gasteiger partial charge in [-0.15, -0.1) is 0 Å². The molecular weight excluding hydrogens is 166 g/mol. The van der Waals surface area contributed by atoms with Gasteiger partial charge in [-0.1, -0.05) is 18.2 Å². The SMILES string of the molecule is COCCNC(=O)C1=CCCC=C1. The summed E-state index contributed by atoms with van der Waals surface area (Å²) in [7, 11) is 1.62. The normalized spacial score (nSPS) is 15.3.